The van der Waals surface area contributed by atoms with E-state index in [2.05, 4.69) is 20.6 Å². The number of nitrogens with one attached hydrogen (secondary N) is 2. The van der Waals surface area contributed by atoms with Gasteiger partial charge >= 0.3 is 6.03 Å². The van der Waals surface area contributed by atoms with Crippen molar-refractivity contribution in [3.8, 4) is 0 Å². The number of carbonyl (C=O) groups is 1. The lowest BCUT2D eigenvalue weighted by molar-refractivity contribution is 0.262. The normalized spacial score (nSPS) is 10.8. The van der Waals surface area contributed by atoms with Crippen LogP contribution in [0.3, 0.4) is 0 Å². The smallest absolute Gasteiger partial charge is 0.323 e. The number of carbonyl (C=O) groups excluding carboxylic acids is 1. The topological polar surface area (TPSA) is 84.7 Å². The number of rotatable bonds is 5. The fourth-order valence-corrected chi connectivity index (χ4v) is 3.76. The Morgan fingerprint density at radius 3 is 2.62 bits per heavy atom. The summed E-state index contributed by atoms with van der Waals surface area (Å²) in [6, 6.07) is 16.6. The minimum absolute atomic E-state index is 0.293. The van der Waals surface area contributed by atoms with Crippen LogP contribution in [0.4, 0.5) is 16.2 Å². The van der Waals surface area contributed by atoms with E-state index < -0.39 is 0 Å². The zero-order valence-corrected chi connectivity index (χ0v) is 16.9. The third-order valence-corrected chi connectivity index (χ3v) is 5.22. The van der Waals surface area contributed by atoms with Gasteiger partial charge in [-0.1, -0.05) is 30.0 Å². The van der Waals surface area contributed by atoms with Crippen LogP contribution in [0, 0.1) is 6.92 Å². The molecule has 4 aromatic rings. The van der Waals surface area contributed by atoms with E-state index >= 15 is 0 Å². The highest BCUT2D eigenvalue weighted by Crippen LogP contribution is 2.24. The van der Waals surface area contributed by atoms with E-state index in [1.807, 2.05) is 73.1 Å². The molecule has 0 fully saturated rings. The summed E-state index contributed by atoms with van der Waals surface area (Å²) >= 11 is 1.55. The molecule has 7 nitrogen and oxygen atoms in total. The van der Waals surface area contributed by atoms with E-state index in [0.29, 0.717) is 11.4 Å². The van der Waals surface area contributed by atoms with Gasteiger partial charge in [-0.25, -0.2) is 19.7 Å². The van der Waals surface area contributed by atoms with Crippen molar-refractivity contribution in [1.29, 1.82) is 0 Å². The fraction of sp³-hybridized carbons (Fsp3) is 0.143. The number of amides is 2. The van der Waals surface area contributed by atoms with E-state index in [0.717, 1.165) is 33.4 Å². The summed E-state index contributed by atoms with van der Waals surface area (Å²) in [5, 5.41) is 6.39. The van der Waals surface area contributed by atoms with Crippen LogP contribution < -0.4 is 10.6 Å². The summed E-state index contributed by atoms with van der Waals surface area (Å²) < 4.78 is 2.05. The molecule has 146 valence electrons. The maximum Gasteiger partial charge on any atom is 0.323 e. The average Bonchev–Trinajstić information content (AvgIpc) is 3.02. The van der Waals surface area contributed by atoms with E-state index in [9.17, 15) is 4.79 Å². The zero-order chi connectivity index (χ0) is 20.2. The number of imidazole rings is 1. The van der Waals surface area contributed by atoms with E-state index in [-0.39, 0.29) is 6.03 Å². The van der Waals surface area contributed by atoms with Crippen LogP contribution >= 0.6 is 11.8 Å². The molecule has 0 saturated heterocycles. The van der Waals surface area contributed by atoms with Gasteiger partial charge in [0.25, 0.3) is 0 Å². The maximum atomic E-state index is 12.2. The highest BCUT2D eigenvalue weighted by atomic mass is 32.2. The Hall–Kier alpha value is -3.39. The number of hydrogen-bond acceptors (Lipinski definition) is 5. The van der Waals surface area contributed by atoms with Crippen molar-refractivity contribution in [2.24, 2.45) is 7.05 Å². The first kappa shape index (κ1) is 18.9. The van der Waals surface area contributed by atoms with Crippen molar-refractivity contribution in [3.63, 3.8) is 0 Å². The number of benzene rings is 2. The molecule has 0 aliphatic carbocycles. The molecule has 0 atom stereocenters. The van der Waals surface area contributed by atoms with Crippen molar-refractivity contribution in [2.45, 2.75) is 17.8 Å². The van der Waals surface area contributed by atoms with E-state index in [1.54, 1.807) is 18.0 Å². The maximum absolute atomic E-state index is 12.2. The van der Waals surface area contributed by atoms with Gasteiger partial charge in [-0.3, -0.25) is 0 Å². The average molecular weight is 404 g/mol. The second-order valence-electron chi connectivity index (χ2n) is 6.50. The molecule has 4 rings (SSSR count). The second kappa shape index (κ2) is 8.32. The number of thioether (sulfide) groups is 1. The van der Waals surface area contributed by atoms with Crippen molar-refractivity contribution in [3.05, 3.63) is 72.3 Å². The van der Waals surface area contributed by atoms with E-state index in [4.69, 9.17) is 4.98 Å². The molecule has 0 radical (unpaired) electrons. The second-order valence-corrected chi connectivity index (χ2v) is 7.45. The SMILES string of the molecule is Cc1ccnc(SCc2nc3cc(NC(=O)Nc4ccccc4)ccc3n2C)n1. The van der Waals surface area contributed by atoms with Crippen LogP contribution in [-0.4, -0.2) is 25.6 Å². The molecule has 2 amide bonds. The molecule has 0 aliphatic heterocycles. The Morgan fingerprint density at radius 1 is 1.03 bits per heavy atom. The van der Waals surface area contributed by atoms with Crippen molar-refractivity contribution in [2.75, 3.05) is 10.6 Å². The summed E-state index contributed by atoms with van der Waals surface area (Å²) in [4.78, 5) is 25.6. The molecule has 0 bridgehead atoms. The Bertz CT molecular complexity index is 1160. The van der Waals surface area contributed by atoms with Gasteiger partial charge < -0.3 is 15.2 Å². The molecular weight excluding hydrogens is 384 g/mol. The molecule has 29 heavy (non-hydrogen) atoms. The summed E-state index contributed by atoms with van der Waals surface area (Å²) in [5.41, 5.74) is 4.19. The van der Waals surface area contributed by atoms with Gasteiger partial charge in [0.15, 0.2) is 5.16 Å². The first-order valence-corrected chi connectivity index (χ1v) is 10.1. The number of anilines is 2. The van der Waals surface area contributed by atoms with E-state index in [1.165, 1.54) is 0 Å². The van der Waals surface area contributed by atoms with Crippen molar-refractivity contribution < 1.29 is 4.79 Å². The third-order valence-electron chi connectivity index (χ3n) is 4.37. The largest absolute Gasteiger partial charge is 0.330 e. The summed E-state index contributed by atoms with van der Waals surface area (Å²) in [5.74, 6) is 1.58. The molecule has 2 aromatic heterocycles. The monoisotopic (exact) mass is 404 g/mol. The fourth-order valence-electron chi connectivity index (χ4n) is 2.90. The van der Waals surface area contributed by atoms with Crippen LogP contribution in [0.25, 0.3) is 11.0 Å². The molecule has 2 heterocycles. The first-order valence-electron chi connectivity index (χ1n) is 9.09. The molecule has 0 spiro atoms. The standard InChI is InChI=1S/C21H20N6OS/c1-14-10-11-22-21(23-14)29-13-19-26-17-12-16(8-9-18(17)27(19)2)25-20(28)24-15-6-4-3-5-7-15/h3-12H,13H2,1-2H3,(H2,24,25,28). The van der Waals surface area contributed by atoms with Crippen molar-refractivity contribution >= 4 is 40.2 Å². The highest BCUT2D eigenvalue weighted by Gasteiger charge is 2.11. The van der Waals surface area contributed by atoms with Crippen LogP contribution in [-0.2, 0) is 12.8 Å². The van der Waals surface area contributed by atoms with Gasteiger partial charge in [-0.15, -0.1) is 0 Å². The van der Waals surface area contributed by atoms with Gasteiger partial charge in [0.2, 0.25) is 0 Å². The van der Waals surface area contributed by atoms with Gasteiger partial charge in [0, 0.05) is 30.3 Å². The lowest BCUT2D eigenvalue weighted by Crippen LogP contribution is -2.19. The molecule has 8 heteroatoms. The summed E-state index contributed by atoms with van der Waals surface area (Å²) in [7, 11) is 1.98. The number of nitrogens with zero attached hydrogens (tertiary/aromatic N) is 4. The first-order chi connectivity index (χ1) is 14.1. The molecule has 0 aliphatic rings. The third kappa shape index (κ3) is 4.55. The summed E-state index contributed by atoms with van der Waals surface area (Å²) in [6.07, 6.45) is 1.76. The minimum atomic E-state index is -0.293. The van der Waals surface area contributed by atoms with Gasteiger partial charge in [-0.2, -0.15) is 0 Å². The molecule has 2 aromatic carbocycles. The Kier molecular flexibility index (Phi) is 5.44. The predicted octanol–water partition coefficient (Wildman–Crippen LogP) is 4.61. The quantitative estimate of drug-likeness (QED) is 0.375. The molecule has 2 N–H and O–H groups in total. The number of aromatic nitrogens is 4. The summed E-state index contributed by atoms with van der Waals surface area (Å²) in [6.45, 7) is 1.95. The number of hydrogen-bond donors (Lipinski definition) is 2. The minimum Gasteiger partial charge on any atom is -0.330 e. The number of para-hydroxylation sites is 1. The van der Waals surface area contributed by atoms with Crippen LogP contribution in [0.15, 0.2) is 66.0 Å². The predicted molar refractivity (Wildman–Crippen MR) is 116 cm³/mol. The molecule has 0 saturated carbocycles. The Balaban J connectivity index is 1.47. The number of fused-ring (bicyclic) bond motifs is 1. The van der Waals surface area contributed by atoms with Crippen molar-refractivity contribution in [1.82, 2.24) is 19.5 Å². The lowest BCUT2D eigenvalue weighted by atomic mass is 10.2. The van der Waals surface area contributed by atoms with Gasteiger partial charge in [-0.05, 0) is 43.3 Å². The van der Waals surface area contributed by atoms with Crippen LogP contribution in [0.1, 0.15) is 11.5 Å². The van der Waals surface area contributed by atoms with Crippen LogP contribution in [0.2, 0.25) is 0 Å². The Morgan fingerprint density at radius 2 is 1.83 bits per heavy atom. The highest BCUT2D eigenvalue weighted by molar-refractivity contribution is 7.98. The molecule has 0 unspecified atom stereocenters. The van der Waals surface area contributed by atoms with Gasteiger partial charge in [0.05, 0.1) is 16.8 Å². The van der Waals surface area contributed by atoms with Crippen LogP contribution in [0.5, 0.6) is 0 Å². The molecular formula is C21H20N6OS. The number of aryl methyl sites for hydroxylation is 2. The number of urea groups is 1. The van der Waals surface area contributed by atoms with Gasteiger partial charge in [0.1, 0.15) is 5.82 Å². The zero-order valence-electron chi connectivity index (χ0n) is 16.1. The Labute approximate surface area is 172 Å². The lowest BCUT2D eigenvalue weighted by Gasteiger charge is -2.07.